The largest absolute Gasteiger partial charge is 0.337 e. The number of anilines is 1. The molecule has 1 aromatic heterocycles. The molecular formula is C25H20ClFN6O2. The van der Waals surface area contributed by atoms with Gasteiger partial charge < -0.3 is 10.2 Å². The number of hydrogen-bond acceptors (Lipinski definition) is 5. The van der Waals surface area contributed by atoms with Gasteiger partial charge in [-0.2, -0.15) is 0 Å². The summed E-state index contributed by atoms with van der Waals surface area (Å²) in [6.45, 7) is 0. The van der Waals surface area contributed by atoms with Crippen molar-refractivity contribution in [2.75, 3.05) is 11.9 Å². The SMILES string of the molecule is CN(C(=O)C(NC(=O)C=Cc1c(-n2ncnn2)ccc(Cl)c1F)c1ccccc1)c1ccccc1. The highest BCUT2D eigenvalue weighted by molar-refractivity contribution is 6.31. The minimum Gasteiger partial charge on any atom is -0.337 e. The molecule has 0 spiro atoms. The van der Waals surface area contributed by atoms with Crippen LogP contribution in [0.5, 0.6) is 0 Å². The molecule has 1 N–H and O–H groups in total. The van der Waals surface area contributed by atoms with Gasteiger partial charge in [-0.25, -0.2) is 4.39 Å². The lowest BCUT2D eigenvalue weighted by molar-refractivity contribution is -0.125. The van der Waals surface area contributed by atoms with E-state index < -0.39 is 17.8 Å². The van der Waals surface area contributed by atoms with Crippen LogP contribution in [0.3, 0.4) is 0 Å². The van der Waals surface area contributed by atoms with Gasteiger partial charge in [-0.15, -0.1) is 15.0 Å². The first kappa shape index (κ1) is 23.8. The van der Waals surface area contributed by atoms with Gasteiger partial charge in [0.2, 0.25) is 5.91 Å². The zero-order chi connectivity index (χ0) is 24.8. The molecule has 4 aromatic rings. The summed E-state index contributed by atoms with van der Waals surface area (Å²) in [6, 6.07) is 19.8. The van der Waals surface area contributed by atoms with E-state index in [0.717, 1.165) is 10.9 Å². The fraction of sp³-hybridized carbons (Fsp3) is 0.0800. The van der Waals surface area contributed by atoms with E-state index in [4.69, 9.17) is 11.6 Å². The van der Waals surface area contributed by atoms with E-state index in [2.05, 4.69) is 20.7 Å². The van der Waals surface area contributed by atoms with Crippen LogP contribution in [-0.4, -0.2) is 39.1 Å². The third-order valence-electron chi connectivity index (χ3n) is 5.22. The van der Waals surface area contributed by atoms with E-state index in [-0.39, 0.29) is 22.2 Å². The number of halogens is 2. The maximum Gasteiger partial charge on any atom is 0.253 e. The molecule has 1 heterocycles. The number of tetrazole rings is 1. The van der Waals surface area contributed by atoms with Crippen LogP contribution >= 0.6 is 11.6 Å². The summed E-state index contributed by atoms with van der Waals surface area (Å²) in [5, 5.41) is 13.9. The Kier molecular flexibility index (Phi) is 7.27. The molecule has 0 fully saturated rings. The number of nitrogens with zero attached hydrogens (tertiary/aromatic N) is 5. The Hall–Kier alpha value is -4.37. The molecule has 1 atom stereocenters. The molecule has 1 unspecified atom stereocenters. The zero-order valence-electron chi connectivity index (χ0n) is 18.5. The molecule has 0 bridgehead atoms. The fourth-order valence-corrected chi connectivity index (χ4v) is 3.59. The van der Waals surface area contributed by atoms with Gasteiger partial charge >= 0.3 is 0 Å². The molecule has 35 heavy (non-hydrogen) atoms. The monoisotopic (exact) mass is 490 g/mol. The van der Waals surface area contributed by atoms with Crippen molar-refractivity contribution in [3.8, 4) is 5.69 Å². The van der Waals surface area contributed by atoms with Crippen molar-refractivity contribution in [3.63, 3.8) is 0 Å². The molecule has 0 aliphatic rings. The van der Waals surface area contributed by atoms with Gasteiger partial charge in [0.25, 0.3) is 5.91 Å². The Bertz CT molecular complexity index is 1350. The van der Waals surface area contributed by atoms with Crippen molar-refractivity contribution in [1.82, 2.24) is 25.5 Å². The number of aromatic nitrogens is 4. The number of nitrogens with one attached hydrogen (secondary N) is 1. The van der Waals surface area contributed by atoms with Gasteiger partial charge in [0.15, 0.2) is 12.1 Å². The number of likely N-dealkylation sites (N-methyl/N-ethyl adjacent to an activating group) is 1. The van der Waals surface area contributed by atoms with E-state index in [1.54, 1.807) is 43.4 Å². The number of para-hydroxylation sites is 1. The van der Waals surface area contributed by atoms with Gasteiger partial charge in [-0.1, -0.05) is 60.1 Å². The topological polar surface area (TPSA) is 93.0 Å². The third kappa shape index (κ3) is 5.42. The lowest BCUT2D eigenvalue weighted by Crippen LogP contribution is -2.41. The van der Waals surface area contributed by atoms with Crippen LogP contribution in [-0.2, 0) is 9.59 Å². The zero-order valence-corrected chi connectivity index (χ0v) is 19.3. The average Bonchev–Trinajstić information content (AvgIpc) is 3.43. The second-order valence-corrected chi connectivity index (χ2v) is 7.85. The summed E-state index contributed by atoms with van der Waals surface area (Å²) >= 11 is 5.94. The maximum atomic E-state index is 14.8. The van der Waals surface area contributed by atoms with E-state index in [1.165, 1.54) is 29.4 Å². The van der Waals surface area contributed by atoms with Crippen LogP contribution in [0.1, 0.15) is 17.2 Å². The van der Waals surface area contributed by atoms with Crippen LogP contribution in [0.25, 0.3) is 11.8 Å². The lowest BCUT2D eigenvalue weighted by atomic mass is 10.0. The highest BCUT2D eigenvalue weighted by atomic mass is 35.5. The second kappa shape index (κ2) is 10.7. The number of hydrogen-bond donors (Lipinski definition) is 1. The maximum absolute atomic E-state index is 14.8. The van der Waals surface area contributed by atoms with Gasteiger partial charge in [-0.3, -0.25) is 9.59 Å². The normalized spacial score (nSPS) is 11.9. The van der Waals surface area contributed by atoms with Crippen LogP contribution in [0.4, 0.5) is 10.1 Å². The minimum absolute atomic E-state index is 0.00496. The van der Waals surface area contributed by atoms with Crippen molar-refractivity contribution < 1.29 is 14.0 Å². The Morgan fingerprint density at radius 1 is 1.06 bits per heavy atom. The molecule has 176 valence electrons. The van der Waals surface area contributed by atoms with Crippen molar-refractivity contribution in [1.29, 1.82) is 0 Å². The summed E-state index contributed by atoms with van der Waals surface area (Å²) < 4.78 is 14.8. The highest BCUT2D eigenvalue weighted by Gasteiger charge is 2.26. The van der Waals surface area contributed by atoms with Gasteiger partial charge in [0.05, 0.1) is 10.7 Å². The van der Waals surface area contributed by atoms with Crippen LogP contribution in [0.15, 0.2) is 85.2 Å². The van der Waals surface area contributed by atoms with Gasteiger partial charge in [0.1, 0.15) is 6.04 Å². The number of carbonyl (C=O) groups excluding carboxylic acids is 2. The summed E-state index contributed by atoms with van der Waals surface area (Å²) in [6.07, 6.45) is 3.58. The summed E-state index contributed by atoms with van der Waals surface area (Å²) in [5.74, 6) is -1.69. The van der Waals surface area contributed by atoms with Crippen LogP contribution in [0, 0.1) is 5.82 Å². The Balaban J connectivity index is 1.61. The summed E-state index contributed by atoms with van der Waals surface area (Å²) in [4.78, 5) is 28.8. The van der Waals surface area contributed by atoms with Gasteiger partial charge in [0, 0.05) is 24.4 Å². The molecule has 8 nitrogen and oxygen atoms in total. The number of amides is 2. The number of rotatable bonds is 7. The summed E-state index contributed by atoms with van der Waals surface area (Å²) in [7, 11) is 1.63. The standard InChI is InChI=1S/C25H20ClFN6O2/c1-32(18-10-6-3-7-11-18)25(35)24(17-8-4-2-5-9-17)30-22(34)15-12-19-21(33-29-16-28-31-33)14-13-20(26)23(19)27/h2-16,24H,1H3,(H,30,34). The number of carbonyl (C=O) groups is 2. The van der Waals surface area contributed by atoms with Crippen molar-refractivity contribution in [2.45, 2.75) is 6.04 Å². The molecule has 0 aliphatic carbocycles. The van der Waals surface area contributed by atoms with Crippen LogP contribution < -0.4 is 10.2 Å². The molecule has 0 radical (unpaired) electrons. The predicted octanol–water partition coefficient (Wildman–Crippen LogP) is 3.99. The smallest absolute Gasteiger partial charge is 0.253 e. The Morgan fingerprint density at radius 2 is 1.74 bits per heavy atom. The fourth-order valence-electron chi connectivity index (χ4n) is 3.42. The summed E-state index contributed by atoms with van der Waals surface area (Å²) in [5.41, 5.74) is 1.51. The predicted molar refractivity (Wildman–Crippen MR) is 130 cm³/mol. The molecule has 10 heteroatoms. The quantitative estimate of drug-likeness (QED) is 0.395. The molecule has 3 aromatic carbocycles. The van der Waals surface area contributed by atoms with E-state index in [0.29, 0.717) is 11.3 Å². The first-order valence-electron chi connectivity index (χ1n) is 10.5. The number of benzene rings is 3. The first-order chi connectivity index (χ1) is 17.0. The molecule has 0 saturated heterocycles. The molecular weight excluding hydrogens is 471 g/mol. The minimum atomic E-state index is -0.973. The molecule has 2 amide bonds. The van der Waals surface area contributed by atoms with Crippen molar-refractivity contribution in [2.24, 2.45) is 0 Å². The van der Waals surface area contributed by atoms with Crippen molar-refractivity contribution >= 4 is 35.2 Å². The highest BCUT2D eigenvalue weighted by Crippen LogP contribution is 2.25. The molecule has 0 saturated carbocycles. The van der Waals surface area contributed by atoms with E-state index >= 15 is 0 Å². The van der Waals surface area contributed by atoms with Crippen molar-refractivity contribution in [3.05, 3.63) is 107 Å². The Labute approximate surface area is 205 Å². The Morgan fingerprint density at radius 3 is 2.40 bits per heavy atom. The second-order valence-electron chi connectivity index (χ2n) is 7.44. The van der Waals surface area contributed by atoms with Gasteiger partial charge in [-0.05, 0) is 41.1 Å². The van der Waals surface area contributed by atoms with Crippen LogP contribution in [0.2, 0.25) is 5.02 Å². The third-order valence-corrected chi connectivity index (χ3v) is 5.51. The van der Waals surface area contributed by atoms with E-state index in [1.807, 2.05) is 24.3 Å². The van der Waals surface area contributed by atoms with E-state index in [9.17, 15) is 14.0 Å². The molecule has 4 rings (SSSR count). The molecule has 0 aliphatic heterocycles. The average molecular weight is 491 g/mol. The first-order valence-corrected chi connectivity index (χ1v) is 10.9. The lowest BCUT2D eigenvalue weighted by Gasteiger charge is -2.24.